The second-order valence-corrected chi connectivity index (χ2v) is 6.89. The fourth-order valence-electron chi connectivity index (χ4n) is 1.91. The van der Waals surface area contributed by atoms with Crippen LogP contribution in [0.1, 0.15) is 6.42 Å². The van der Waals surface area contributed by atoms with Crippen molar-refractivity contribution in [2.24, 2.45) is 0 Å². The highest BCUT2D eigenvalue weighted by molar-refractivity contribution is 7.91. The Bertz CT molecular complexity index is 439. The maximum Gasteiger partial charge on any atom is 0.320 e. The van der Waals surface area contributed by atoms with Crippen LogP contribution in [0, 0.1) is 0 Å². The first-order valence-electron chi connectivity index (χ1n) is 5.67. The Kier molecular flexibility index (Phi) is 6.35. The van der Waals surface area contributed by atoms with Crippen LogP contribution >= 0.6 is 23.2 Å². The minimum atomic E-state index is -3.09. The first kappa shape index (κ1) is 16.5. The van der Waals surface area contributed by atoms with E-state index in [1.54, 1.807) is 0 Å². The zero-order chi connectivity index (χ0) is 14.5. The summed E-state index contributed by atoms with van der Waals surface area (Å²) in [6, 6.07) is -0.397. The van der Waals surface area contributed by atoms with Crippen molar-refractivity contribution in [3.63, 3.8) is 0 Å². The van der Waals surface area contributed by atoms with E-state index in [2.05, 4.69) is 0 Å². The van der Waals surface area contributed by atoms with Gasteiger partial charge in [-0.3, -0.25) is 9.59 Å². The molecule has 19 heavy (non-hydrogen) atoms. The molecule has 0 aromatic heterocycles. The number of rotatable bonds is 6. The molecule has 0 aromatic carbocycles. The predicted molar refractivity (Wildman–Crippen MR) is 71.2 cm³/mol. The molecule has 0 N–H and O–H groups in total. The van der Waals surface area contributed by atoms with Gasteiger partial charge in [-0.15, -0.1) is 23.2 Å². The van der Waals surface area contributed by atoms with E-state index in [0.717, 1.165) is 0 Å². The van der Waals surface area contributed by atoms with Crippen molar-refractivity contribution in [3.05, 3.63) is 0 Å². The minimum Gasteiger partial charge on any atom is -0.463 e. The van der Waals surface area contributed by atoms with E-state index in [0.29, 0.717) is 6.42 Å². The summed E-state index contributed by atoms with van der Waals surface area (Å²) in [5.74, 6) is -1.46. The van der Waals surface area contributed by atoms with E-state index in [1.807, 2.05) is 0 Å². The van der Waals surface area contributed by atoms with E-state index < -0.39 is 21.8 Å². The van der Waals surface area contributed by atoms with Gasteiger partial charge in [-0.2, -0.15) is 0 Å². The van der Waals surface area contributed by atoms with Gasteiger partial charge in [0.15, 0.2) is 9.84 Å². The molecule has 0 aliphatic carbocycles. The zero-order valence-electron chi connectivity index (χ0n) is 10.2. The lowest BCUT2D eigenvalue weighted by Crippen LogP contribution is -2.44. The predicted octanol–water partition coefficient (Wildman–Crippen LogP) is 0.0229. The Hall–Kier alpha value is -0.530. The molecule has 1 aliphatic rings. The monoisotopic (exact) mass is 331 g/mol. The molecule has 0 bridgehead atoms. The summed E-state index contributed by atoms with van der Waals surface area (Å²) >= 11 is 10.8. The summed E-state index contributed by atoms with van der Waals surface area (Å²) in [5, 5.41) is 0. The maximum absolute atomic E-state index is 11.7. The Balaban J connectivity index is 2.58. The lowest BCUT2D eigenvalue weighted by atomic mass is 10.2. The number of carbonyl (C=O) groups is 2. The maximum atomic E-state index is 11.7. The van der Waals surface area contributed by atoms with Crippen LogP contribution in [0.5, 0.6) is 0 Å². The van der Waals surface area contributed by atoms with Crippen molar-refractivity contribution in [1.82, 2.24) is 4.90 Å². The number of amides is 1. The van der Waals surface area contributed by atoms with Gasteiger partial charge in [-0.1, -0.05) is 0 Å². The summed E-state index contributed by atoms with van der Waals surface area (Å²) in [4.78, 5) is 23.9. The highest BCUT2D eigenvalue weighted by atomic mass is 35.5. The van der Waals surface area contributed by atoms with Crippen LogP contribution in [0.3, 0.4) is 0 Å². The lowest BCUT2D eigenvalue weighted by Gasteiger charge is -2.27. The first-order valence-corrected chi connectivity index (χ1v) is 8.56. The van der Waals surface area contributed by atoms with E-state index >= 15 is 0 Å². The molecule has 1 fully saturated rings. The molecule has 0 spiro atoms. The average molecular weight is 332 g/mol. The van der Waals surface area contributed by atoms with Gasteiger partial charge >= 0.3 is 5.97 Å². The minimum absolute atomic E-state index is 0.0231. The van der Waals surface area contributed by atoms with Crippen LogP contribution in [-0.2, 0) is 24.2 Å². The van der Waals surface area contributed by atoms with Gasteiger partial charge in [-0.05, 0) is 6.42 Å². The quantitative estimate of drug-likeness (QED) is 0.506. The summed E-state index contributed by atoms with van der Waals surface area (Å²) in [6.07, 6.45) is 0.383. The molecule has 0 radical (unpaired) electrons. The van der Waals surface area contributed by atoms with Gasteiger partial charge in [0.25, 0.3) is 0 Å². The van der Waals surface area contributed by atoms with Crippen LogP contribution in [0.2, 0.25) is 0 Å². The van der Waals surface area contributed by atoms with Crippen molar-refractivity contribution >= 4 is 44.9 Å². The molecule has 1 unspecified atom stereocenters. The normalized spacial score (nSPS) is 21.1. The SMILES string of the molecule is O=C(CCl)OCCN(C(=O)CCl)C1CCS(=O)(=O)C1. The summed E-state index contributed by atoms with van der Waals surface area (Å²) < 4.78 is 27.6. The summed E-state index contributed by atoms with van der Waals surface area (Å²) in [5.41, 5.74) is 0. The molecule has 1 saturated heterocycles. The van der Waals surface area contributed by atoms with Crippen LogP contribution < -0.4 is 0 Å². The molecule has 6 nitrogen and oxygen atoms in total. The van der Waals surface area contributed by atoms with E-state index in [-0.39, 0.29) is 42.3 Å². The average Bonchev–Trinajstić information content (AvgIpc) is 2.73. The molecular weight excluding hydrogens is 317 g/mol. The number of halogens is 2. The molecule has 1 amide bonds. The van der Waals surface area contributed by atoms with Crippen molar-refractivity contribution in [3.8, 4) is 0 Å². The highest BCUT2D eigenvalue weighted by Gasteiger charge is 2.34. The second-order valence-electron chi connectivity index (χ2n) is 4.13. The number of hydrogen-bond acceptors (Lipinski definition) is 5. The van der Waals surface area contributed by atoms with Gasteiger partial charge in [0.2, 0.25) is 5.91 Å². The number of esters is 1. The molecule has 1 aliphatic heterocycles. The molecule has 1 atom stereocenters. The van der Waals surface area contributed by atoms with Crippen LogP contribution in [0.25, 0.3) is 0 Å². The molecule has 0 saturated carbocycles. The van der Waals surface area contributed by atoms with E-state index in [1.165, 1.54) is 4.90 Å². The molecular formula is C10H15Cl2NO5S. The molecule has 1 rings (SSSR count). The van der Waals surface area contributed by atoms with E-state index in [9.17, 15) is 18.0 Å². The highest BCUT2D eigenvalue weighted by Crippen LogP contribution is 2.18. The van der Waals surface area contributed by atoms with Gasteiger partial charge in [-0.25, -0.2) is 8.42 Å². The van der Waals surface area contributed by atoms with Gasteiger partial charge in [0.1, 0.15) is 18.4 Å². The molecule has 1 heterocycles. The Labute approximate surface area is 121 Å². The lowest BCUT2D eigenvalue weighted by molar-refractivity contribution is -0.143. The van der Waals surface area contributed by atoms with Crippen molar-refractivity contribution in [1.29, 1.82) is 0 Å². The van der Waals surface area contributed by atoms with Crippen molar-refractivity contribution in [2.45, 2.75) is 12.5 Å². The second kappa shape index (κ2) is 7.31. The third-order valence-corrected chi connectivity index (χ3v) is 4.99. The molecule has 0 aromatic rings. The van der Waals surface area contributed by atoms with Crippen LogP contribution in [-0.4, -0.2) is 67.7 Å². The zero-order valence-corrected chi connectivity index (χ0v) is 12.5. The molecule has 110 valence electrons. The number of nitrogens with zero attached hydrogens (tertiary/aromatic N) is 1. The number of hydrogen-bond donors (Lipinski definition) is 0. The largest absolute Gasteiger partial charge is 0.463 e. The standard InChI is InChI=1S/C10H15Cl2NO5S/c11-5-9(14)13(2-3-18-10(15)6-12)8-1-4-19(16,17)7-8/h8H,1-7H2. The fourth-order valence-corrected chi connectivity index (χ4v) is 3.87. The van der Waals surface area contributed by atoms with Crippen molar-refractivity contribution < 1.29 is 22.7 Å². The topological polar surface area (TPSA) is 80.8 Å². The Morgan fingerprint density at radius 1 is 1.26 bits per heavy atom. The number of alkyl halides is 2. The number of ether oxygens (including phenoxy) is 1. The van der Waals surface area contributed by atoms with Crippen LogP contribution in [0.4, 0.5) is 0 Å². The van der Waals surface area contributed by atoms with Crippen LogP contribution in [0.15, 0.2) is 0 Å². The van der Waals surface area contributed by atoms with Gasteiger partial charge in [0.05, 0.1) is 18.1 Å². The Morgan fingerprint density at radius 3 is 2.42 bits per heavy atom. The fraction of sp³-hybridized carbons (Fsp3) is 0.800. The smallest absolute Gasteiger partial charge is 0.320 e. The van der Waals surface area contributed by atoms with Gasteiger partial charge < -0.3 is 9.64 Å². The first-order chi connectivity index (χ1) is 8.89. The number of carbonyl (C=O) groups excluding carboxylic acids is 2. The van der Waals surface area contributed by atoms with Gasteiger partial charge in [0, 0.05) is 6.04 Å². The summed E-state index contributed by atoms with van der Waals surface area (Å²) in [6.45, 7) is 0.0963. The van der Waals surface area contributed by atoms with E-state index in [4.69, 9.17) is 27.9 Å². The third-order valence-electron chi connectivity index (χ3n) is 2.79. The van der Waals surface area contributed by atoms with Crippen molar-refractivity contribution in [2.75, 3.05) is 36.4 Å². The number of sulfone groups is 1. The third kappa shape index (κ3) is 5.16. The summed E-state index contributed by atoms with van der Waals surface area (Å²) in [7, 11) is -3.09. The Morgan fingerprint density at radius 2 is 1.95 bits per heavy atom. The molecule has 9 heteroatoms.